The molecule has 0 aliphatic rings. The summed E-state index contributed by atoms with van der Waals surface area (Å²) in [7, 11) is -2.32. The average molecular weight is 416 g/mol. The Kier molecular flexibility index (Phi) is 7.77. The third-order valence-electron chi connectivity index (χ3n) is 4.14. The van der Waals surface area contributed by atoms with E-state index in [9.17, 15) is 17.6 Å². The number of likely N-dealkylation sites (N-methyl/N-ethyl adjacent to an activating group) is 1. The lowest BCUT2D eigenvalue weighted by Gasteiger charge is -2.24. The number of aryl methyl sites for hydroxylation is 1. The molecule has 0 spiro atoms. The molecule has 0 saturated carbocycles. The van der Waals surface area contributed by atoms with E-state index < -0.39 is 15.8 Å². The van der Waals surface area contributed by atoms with Crippen LogP contribution in [0, 0.1) is 12.7 Å². The van der Waals surface area contributed by atoms with Crippen molar-refractivity contribution in [3.05, 3.63) is 59.4 Å². The zero-order valence-corrected chi connectivity index (χ0v) is 16.9. The zero-order valence-electron chi connectivity index (χ0n) is 15.3. The molecule has 2 rings (SSSR count). The number of nitrogens with zero attached hydrogens (tertiary/aromatic N) is 1. The normalized spacial score (nSPS) is 12.0. The molecule has 6 nitrogen and oxygen atoms in total. The van der Waals surface area contributed by atoms with Gasteiger partial charge in [-0.15, -0.1) is 12.4 Å². The van der Waals surface area contributed by atoms with E-state index in [0.717, 1.165) is 12.1 Å². The van der Waals surface area contributed by atoms with Crippen LogP contribution in [0.4, 0.5) is 10.1 Å². The molecular formula is C18H23ClFN3O3S. The molecule has 3 N–H and O–H groups in total. The Morgan fingerprint density at radius 2 is 1.81 bits per heavy atom. The maximum Gasteiger partial charge on any atom is 0.262 e. The van der Waals surface area contributed by atoms with Gasteiger partial charge in [0, 0.05) is 30.9 Å². The summed E-state index contributed by atoms with van der Waals surface area (Å²) in [5, 5.41) is 0. The maximum atomic E-state index is 13.0. The minimum absolute atomic E-state index is 0. The first-order chi connectivity index (χ1) is 12.2. The molecule has 1 amide bonds. The molecule has 9 heteroatoms. The highest BCUT2D eigenvalue weighted by Gasteiger charge is 2.22. The van der Waals surface area contributed by atoms with E-state index in [1.807, 2.05) is 0 Å². The number of hydrogen-bond donors (Lipinski definition) is 2. The van der Waals surface area contributed by atoms with Gasteiger partial charge in [-0.25, -0.2) is 12.8 Å². The van der Waals surface area contributed by atoms with E-state index in [4.69, 9.17) is 5.73 Å². The minimum atomic E-state index is -3.93. The summed E-state index contributed by atoms with van der Waals surface area (Å²) in [6.45, 7) is 3.74. The molecule has 0 fully saturated rings. The Labute approximate surface area is 165 Å². The largest absolute Gasteiger partial charge is 0.338 e. The van der Waals surface area contributed by atoms with Crippen molar-refractivity contribution in [2.45, 2.75) is 24.8 Å². The molecule has 2 aromatic carbocycles. The molecule has 1 atom stereocenters. The predicted molar refractivity (Wildman–Crippen MR) is 106 cm³/mol. The van der Waals surface area contributed by atoms with Crippen LogP contribution in [0.1, 0.15) is 22.8 Å². The van der Waals surface area contributed by atoms with E-state index in [-0.39, 0.29) is 40.5 Å². The number of sulfonamides is 1. The number of nitrogens with one attached hydrogen (secondary N) is 1. The molecule has 2 aromatic rings. The van der Waals surface area contributed by atoms with Crippen molar-refractivity contribution in [2.75, 3.05) is 18.3 Å². The summed E-state index contributed by atoms with van der Waals surface area (Å²) in [4.78, 5) is 14.0. The Bertz CT molecular complexity index is 905. The topological polar surface area (TPSA) is 92.5 Å². The van der Waals surface area contributed by atoms with Gasteiger partial charge in [-0.3, -0.25) is 9.52 Å². The van der Waals surface area contributed by atoms with Gasteiger partial charge in [-0.05, 0) is 55.8 Å². The van der Waals surface area contributed by atoms with Gasteiger partial charge in [0.25, 0.3) is 15.9 Å². The average Bonchev–Trinajstić information content (AvgIpc) is 2.61. The molecule has 148 valence electrons. The van der Waals surface area contributed by atoms with Gasteiger partial charge in [0.05, 0.1) is 4.90 Å². The first-order valence-electron chi connectivity index (χ1n) is 8.02. The number of amides is 1. The third kappa shape index (κ3) is 5.41. The van der Waals surface area contributed by atoms with E-state index in [1.165, 1.54) is 23.1 Å². The second kappa shape index (κ2) is 9.16. The van der Waals surface area contributed by atoms with Gasteiger partial charge >= 0.3 is 0 Å². The smallest absolute Gasteiger partial charge is 0.262 e. The molecule has 0 bridgehead atoms. The van der Waals surface area contributed by atoms with Crippen molar-refractivity contribution in [3.63, 3.8) is 0 Å². The van der Waals surface area contributed by atoms with Crippen LogP contribution in [0.3, 0.4) is 0 Å². The van der Waals surface area contributed by atoms with Crippen molar-refractivity contribution in [2.24, 2.45) is 5.73 Å². The van der Waals surface area contributed by atoms with Gasteiger partial charge in [0.15, 0.2) is 0 Å². The Morgan fingerprint density at radius 1 is 1.22 bits per heavy atom. The van der Waals surface area contributed by atoms with Crippen molar-refractivity contribution >= 4 is 34.0 Å². The van der Waals surface area contributed by atoms with Crippen LogP contribution in [-0.4, -0.2) is 38.9 Å². The summed E-state index contributed by atoms with van der Waals surface area (Å²) in [6, 6.07) is 9.29. The molecule has 1 unspecified atom stereocenters. The predicted octanol–water partition coefficient (Wildman–Crippen LogP) is 2.78. The molecule has 0 heterocycles. The number of nitrogens with two attached hydrogens (primary N) is 1. The first kappa shape index (κ1) is 22.9. The Hall–Kier alpha value is -2.16. The molecule has 0 saturated heterocycles. The Morgan fingerprint density at radius 3 is 2.37 bits per heavy atom. The maximum absolute atomic E-state index is 13.0. The first-order valence-corrected chi connectivity index (χ1v) is 9.50. The van der Waals surface area contributed by atoms with Gasteiger partial charge < -0.3 is 10.6 Å². The molecule has 0 radical (unpaired) electrons. The van der Waals surface area contributed by atoms with Gasteiger partial charge in [0.1, 0.15) is 5.82 Å². The second-order valence-corrected chi connectivity index (χ2v) is 7.74. The van der Waals surface area contributed by atoms with Gasteiger partial charge in [-0.2, -0.15) is 0 Å². The Balaban J connectivity index is 0.00000364. The SMILES string of the molecule is Cc1ccc(C(=O)N(C)C(C)CN)cc1S(=O)(=O)Nc1ccc(F)cc1.Cl. The lowest BCUT2D eigenvalue weighted by Crippen LogP contribution is -2.39. The van der Waals surface area contributed by atoms with E-state index in [1.54, 1.807) is 33.0 Å². The van der Waals surface area contributed by atoms with Crippen LogP contribution in [0.5, 0.6) is 0 Å². The number of carbonyl (C=O) groups is 1. The quantitative estimate of drug-likeness (QED) is 0.758. The lowest BCUT2D eigenvalue weighted by atomic mass is 10.1. The fourth-order valence-electron chi connectivity index (χ4n) is 2.31. The van der Waals surface area contributed by atoms with Crippen LogP contribution < -0.4 is 10.5 Å². The molecule has 0 aliphatic carbocycles. The van der Waals surface area contributed by atoms with Crippen LogP contribution in [0.2, 0.25) is 0 Å². The van der Waals surface area contributed by atoms with Crippen LogP contribution in [0.25, 0.3) is 0 Å². The van der Waals surface area contributed by atoms with Gasteiger partial charge in [0.2, 0.25) is 0 Å². The number of benzene rings is 2. The minimum Gasteiger partial charge on any atom is -0.338 e. The fourth-order valence-corrected chi connectivity index (χ4v) is 3.64. The summed E-state index contributed by atoms with van der Waals surface area (Å²) in [6.07, 6.45) is 0. The second-order valence-electron chi connectivity index (χ2n) is 6.09. The number of anilines is 1. The van der Waals surface area contributed by atoms with Crippen molar-refractivity contribution in [3.8, 4) is 0 Å². The summed E-state index contributed by atoms with van der Waals surface area (Å²) in [5.74, 6) is -0.782. The zero-order chi connectivity index (χ0) is 19.5. The van der Waals surface area contributed by atoms with Crippen LogP contribution >= 0.6 is 12.4 Å². The fraction of sp³-hybridized carbons (Fsp3) is 0.278. The van der Waals surface area contributed by atoms with E-state index in [2.05, 4.69) is 4.72 Å². The lowest BCUT2D eigenvalue weighted by molar-refractivity contribution is 0.0748. The molecular weight excluding hydrogens is 393 g/mol. The number of carbonyl (C=O) groups excluding carboxylic acids is 1. The van der Waals surface area contributed by atoms with Crippen molar-refractivity contribution in [1.29, 1.82) is 0 Å². The number of rotatable bonds is 6. The summed E-state index contributed by atoms with van der Waals surface area (Å²) >= 11 is 0. The summed E-state index contributed by atoms with van der Waals surface area (Å²) in [5.41, 5.74) is 6.55. The molecule has 27 heavy (non-hydrogen) atoms. The molecule has 0 aliphatic heterocycles. The highest BCUT2D eigenvalue weighted by Crippen LogP contribution is 2.22. The number of halogens is 2. The highest BCUT2D eigenvalue weighted by atomic mass is 35.5. The highest BCUT2D eigenvalue weighted by molar-refractivity contribution is 7.92. The monoisotopic (exact) mass is 415 g/mol. The van der Waals surface area contributed by atoms with Crippen molar-refractivity contribution in [1.82, 2.24) is 4.90 Å². The summed E-state index contributed by atoms with van der Waals surface area (Å²) < 4.78 is 40.8. The molecule has 0 aromatic heterocycles. The van der Waals surface area contributed by atoms with Crippen LogP contribution in [-0.2, 0) is 10.0 Å². The van der Waals surface area contributed by atoms with Crippen LogP contribution in [0.15, 0.2) is 47.4 Å². The van der Waals surface area contributed by atoms with E-state index in [0.29, 0.717) is 12.1 Å². The number of hydrogen-bond acceptors (Lipinski definition) is 4. The van der Waals surface area contributed by atoms with Gasteiger partial charge in [-0.1, -0.05) is 6.07 Å². The van der Waals surface area contributed by atoms with Crippen molar-refractivity contribution < 1.29 is 17.6 Å². The third-order valence-corrected chi connectivity index (χ3v) is 5.67. The van der Waals surface area contributed by atoms with E-state index >= 15 is 0 Å². The standard InChI is InChI=1S/C18H22FN3O3S.ClH/c1-12-4-5-14(18(23)22(3)13(2)11-20)10-17(12)26(24,25)21-16-8-6-15(19)7-9-16;/h4-10,13,21H,11,20H2,1-3H3;1H.